The minimum Gasteiger partial charge on any atom is -0.237 e. The van der Waals surface area contributed by atoms with E-state index in [2.05, 4.69) is 58.8 Å². The Balaban J connectivity index is 2.44. The quantitative estimate of drug-likeness (QED) is 0.473. The molecule has 0 aliphatic rings. The highest BCUT2D eigenvalue weighted by atomic mass is 127. The second-order valence-corrected chi connectivity index (χ2v) is 5.71. The number of allylic oxidation sites excluding steroid dienone is 1. The van der Waals surface area contributed by atoms with Crippen molar-refractivity contribution < 1.29 is 0 Å². The van der Waals surface area contributed by atoms with Crippen LogP contribution in [0, 0.1) is 0 Å². The lowest BCUT2D eigenvalue weighted by Gasteiger charge is -2.01. The molecule has 0 saturated heterocycles. The molecule has 0 saturated carbocycles. The Morgan fingerprint density at radius 1 is 1.60 bits per heavy atom. The predicted octanol–water partition coefficient (Wildman–Crippen LogP) is 3.95. The summed E-state index contributed by atoms with van der Waals surface area (Å²) in [6.07, 6.45) is 3.54. The van der Waals surface area contributed by atoms with Crippen LogP contribution in [0.25, 0.3) is 10.9 Å². The zero-order chi connectivity index (χ0) is 10.8. The molecule has 0 aliphatic carbocycles. The number of hydrogen-bond acceptors (Lipinski definition) is 1. The summed E-state index contributed by atoms with van der Waals surface area (Å²) in [5.41, 5.74) is 3.72. The van der Waals surface area contributed by atoms with Gasteiger partial charge in [-0.15, -0.1) is 0 Å². The van der Waals surface area contributed by atoms with Gasteiger partial charge >= 0.3 is 0 Å². The predicted molar refractivity (Wildman–Crippen MR) is 76.0 cm³/mol. The fourth-order valence-corrected chi connectivity index (χ4v) is 3.16. The Morgan fingerprint density at radius 2 is 2.40 bits per heavy atom. The van der Waals surface area contributed by atoms with E-state index in [1.54, 1.807) is 0 Å². The van der Waals surface area contributed by atoms with Gasteiger partial charge in [0.1, 0.15) is 0 Å². The molecule has 2 rings (SSSR count). The summed E-state index contributed by atoms with van der Waals surface area (Å²) in [5.74, 6) is 0. The smallest absolute Gasteiger partial charge is 0.0729 e. The Morgan fingerprint density at radius 3 is 3.07 bits per heavy atom. The molecule has 0 bridgehead atoms. The molecule has 0 spiro atoms. The van der Waals surface area contributed by atoms with E-state index < -0.39 is 0 Å². The number of rotatable bonds is 3. The van der Waals surface area contributed by atoms with Crippen LogP contribution in [0.4, 0.5) is 0 Å². The van der Waals surface area contributed by atoms with Gasteiger partial charge in [-0.25, -0.2) is 4.45 Å². The molecule has 0 radical (unpaired) electrons. The normalized spacial score (nSPS) is 11.6. The summed E-state index contributed by atoms with van der Waals surface area (Å²) in [6.45, 7) is 5.99. The number of halogens is 1. The highest BCUT2D eigenvalue weighted by Gasteiger charge is 2.02. The molecule has 1 aromatic heterocycles. The van der Waals surface area contributed by atoms with E-state index in [0.717, 1.165) is 6.42 Å². The van der Waals surface area contributed by atoms with Gasteiger partial charge in [0.2, 0.25) is 0 Å². The van der Waals surface area contributed by atoms with E-state index in [0.29, 0.717) is 6.37 Å². The Bertz CT molecular complexity index is 504. The second kappa shape index (κ2) is 4.62. The molecule has 1 atom stereocenters. The molecule has 0 amide bonds. The molecule has 4 heteroatoms. The number of nitrogens with zero attached hydrogens (tertiary/aromatic N) is 2. The van der Waals surface area contributed by atoms with Gasteiger partial charge in [-0.1, -0.05) is 18.2 Å². The van der Waals surface area contributed by atoms with E-state index in [1.165, 1.54) is 22.0 Å². The largest absolute Gasteiger partial charge is 0.237 e. The third-order valence-corrected chi connectivity index (χ3v) is 4.11. The van der Waals surface area contributed by atoms with Crippen molar-refractivity contribution in [1.29, 1.82) is 0 Å². The summed E-state index contributed by atoms with van der Waals surface area (Å²) >= 11 is 2.34. The number of aromatic nitrogens is 2. The molecule has 0 aliphatic heterocycles. The van der Waals surface area contributed by atoms with E-state index >= 15 is 0 Å². The number of benzene rings is 1. The SMILES string of the molecule is C=C(C)Cc1ccc2c(cnn2PI)c1. The van der Waals surface area contributed by atoms with Crippen molar-refractivity contribution in [3.63, 3.8) is 0 Å². The van der Waals surface area contributed by atoms with Crippen LogP contribution in [0.1, 0.15) is 12.5 Å². The lowest BCUT2D eigenvalue weighted by atomic mass is 10.1. The van der Waals surface area contributed by atoms with Crippen LogP contribution in [0.5, 0.6) is 0 Å². The van der Waals surface area contributed by atoms with Crippen molar-refractivity contribution in [2.24, 2.45) is 0 Å². The van der Waals surface area contributed by atoms with E-state index in [9.17, 15) is 0 Å². The molecule has 2 aromatic rings. The van der Waals surface area contributed by atoms with Gasteiger partial charge in [-0.3, -0.25) is 0 Å². The van der Waals surface area contributed by atoms with Gasteiger partial charge in [0.05, 0.1) is 18.1 Å². The minimum atomic E-state index is 0.659. The van der Waals surface area contributed by atoms with Crippen molar-refractivity contribution in [1.82, 2.24) is 9.55 Å². The molecule has 1 aromatic carbocycles. The maximum atomic E-state index is 4.33. The van der Waals surface area contributed by atoms with Crippen LogP contribution in [0.2, 0.25) is 0 Å². The Hall–Kier alpha value is -0.410. The first kappa shape index (κ1) is 11.1. The van der Waals surface area contributed by atoms with E-state index in [1.807, 2.05) is 10.6 Å². The summed E-state index contributed by atoms with van der Waals surface area (Å²) in [6, 6.07) is 6.50. The molecular formula is C11H12IN2P. The van der Waals surface area contributed by atoms with Crippen LogP contribution in [0.3, 0.4) is 0 Å². The second-order valence-electron chi connectivity index (χ2n) is 3.67. The fourth-order valence-electron chi connectivity index (χ4n) is 1.61. The van der Waals surface area contributed by atoms with E-state index in [4.69, 9.17) is 0 Å². The van der Waals surface area contributed by atoms with Crippen molar-refractivity contribution in [2.75, 3.05) is 0 Å². The van der Waals surface area contributed by atoms with Crippen molar-refractivity contribution in [3.05, 3.63) is 42.1 Å². The van der Waals surface area contributed by atoms with Gasteiger partial charge in [-0.05, 0) is 53.1 Å². The Kier molecular flexibility index (Phi) is 3.42. The lowest BCUT2D eigenvalue weighted by molar-refractivity contribution is 1.04. The van der Waals surface area contributed by atoms with Crippen molar-refractivity contribution >= 4 is 39.3 Å². The molecule has 15 heavy (non-hydrogen) atoms. The van der Waals surface area contributed by atoms with Gasteiger partial charge in [0.15, 0.2) is 0 Å². The topological polar surface area (TPSA) is 17.8 Å². The first-order chi connectivity index (χ1) is 7.20. The minimum absolute atomic E-state index is 0.659. The molecular weight excluding hydrogens is 318 g/mol. The van der Waals surface area contributed by atoms with Crippen LogP contribution in [-0.4, -0.2) is 9.55 Å². The first-order valence-electron chi connectivity index (χ1n) is 4.68. The molecule has 2 nitrogen and oxygen atoms in total. The monoisotopic (exact) mass is 330 g/mol. The third-order valence-electron chi connectivity index (χ3n) is 2.22. The zero-order valence-electron chi connectivity index (χ0n) is 8.50. The van der Waals surface area contributed by atoms with E-state index in [-0.39, 0.29) is 0 Å². The van der Waals surface area contributed by atoms with Crippen molar-refractivity contribution in [3.8, 4) is 0 Å². The average molecular weight is 330 g/mol. The van der Waals surface area contributed by atoms with Crippen LogP contribution < -0.4 is 0 Å². The maximum absolute atomic E-state index is 4.33. The van der Waals surface area contributed by atoms with Gasteiger partial charge in [-0.2, -0.15) is 5.10 Å². The molecule has 1 heterocycles. The first-order valence-corrected chi connectivity index (χ1v) is 8.74. The Labute approximate surface area is 104 Å². The number of fused-ring (bicyclic) bond motifs is 1. The summed E-state index contributed by atoms with van der Waals surface area (Å²) in [5, 5.41) is 5.55. The van der Waals surface area contributed by atoms with Gasteiger partial charge in [0, 0.05) is 5.39 Å². The average Bonchev–Trinajstić information content (AvgIpc) is 2.58. The maximum Gasteiger partial charge on any atom is 0.0729 e. The lowest BCUT2D eigenvalue weighted by Crippen LogP contribution is -1.86. The van der Waals surface area contributed by atoms with Crippen LogP contribution in [0.15, 0.2) is 36.5 Å². The fraction of sp³-hybridized carbons (Fsp3) is 0.182. The summed E-state index contributed by atoms with van der Waals surface area (Å²) in [4.78, 5) is 0. The standard InChI is InChI=1S/C11H12IN2P/c1-8(2)5-9-3-4-11-10(6-9)7-13-14(11)15-12/h3-4,6-7,15H,1,5H2,2H3. The van der Waals surface area contributed by atoms with Crippen LogP contribution in [-0.2, 0) is 6.42 Å². The molecule has 0 N–H and O–H groups in total. The molecule has 0 fully saturated rings. The van der Waals surface area contributed by atoms with Gasteiger partial charge in [0.25, 0.3) is 0 Å². The summed E-state index contributed by atoms with van der Waals surface area (Å²) < 4.78 is 2.03. The third kappa shape index (κ3) is 2.40. The zero-order valence-corrected chi connectivity index (χ0v) is 11.7. The number of hydrogen-bond donors (Lipinski definition) is 0. The summed E-state index contributed by atoms with van der Waals surface area (Å²) in [7, 11) is 0. The highest BCUT2D eigenvalue weighted by Crippen LogP contribution is 2.28. The highest BCUT2D eigenvalue weighted by molar-refractivity contribution is 14.2. The van der Waals surface area contributed by atoms with Gasteiger partial charge < -0.3 is 0 Å². The molecule has 1 unspecified atom stereocenters. The van der Waals surface area contributed by atoms with Crippen molar-refractivity contribution in [2.45, 2.75) is 13.3 Å². The van der Waals surface area contributed by atoms with Crippen LogP contribution >= 0.6 is 28.4 Å². The molecule has 78 valence electrons.